The lowest BCUT2D eigenvalue weighted by Gasteiger charge is -2.10. The zero-order valence-electron chi connectivity index (χ0n) is 13.7. The van der Waals surface area contributed by atoms with E-state index < -0.39 is 0 Å². The number of carbonyl (C=O) groups excluding carboxylic acids is 2. The first kappa shape index (κ1) is 18.1. The van der Waals surface area contributed by atoms with Crippen molar-refractivity contribution in [2.45, 2.75) is 26.2 Å². The van der Waals surface area contributed by atoms with Crippen LogP contribution in [0.25, 0.3) is 0 Å². The van der Waals surface area contributed by atoms with E-state index in [9.17, 15) is 9.59 Å². The lowest BCUT2D eigenvalue weighted by Crippen LogP contribution is -2.29. The van der Waals surface area contributed by atoms with Gasteiger partial charge in [0, 0.05) is 24.8 Å². The van der Waals surface area contributed by atoms with Gasteiger partial charge in [0.25, 0.3) is 11.8 Å². The van der Waals surface area contributed by atoms with Gasteiger partial charge in [-0.3, -0.25) is 14.6 Å². The highest BCUT2D eigenvalue weighted by Crippen LogP contribution is 2.02. The van der Waals surface area contributed by atoms with Crippen molar-refractivity contribution in [1.29, 1.82) is 0 Å². The lowest BCUT2D eigenvalue weighted by molar-refractivity contribution is 0.0947. The Balaban J connectivity index is 2.52. The minimum Gasteiger partial charge on any atom is -0.352 e. The van der Waals surface area contributed by atoms with Gasteiger partial charge in [0.15, 0.2) is 0 Å². The molecule has 6 nitrogen and oxygen atoms in total. The third-order valence-corrected chi connectivity index (χ3v) is 3.14. The van der Waals surface area contributed by atoms with Gasteiger partial charge in [-0.05, 0) is 45.6 Å². The summed E-state index contributed by atoms with van der Waals surface area (Å²) in [6.07, 6.45) is 4.33. The van der Waals surface area contributed by atoms with Crippen LogP contribution in [-0.2, 0) is 0 Å². The summed E-state index contributed by atoms with van der Waals surface area (Å²) >= 11 is 0. The smallest absolute Gasteiger partial charge is 0.269 e. The van der Waals surface area contributed by atoms with E-state index in [0.717, 1.165) is 25.8 Å². The third-order valence-electron chi connectivity index (χ3n) is 3.14. The Hall–Kier alpha value is -1.95. The zero-order chi connectivity index (χ0) is 16.4. The molecule has 0 fully saturated rings. The van der Waals surface area contributed by atoms with Crippen molar-refractivity contribution in [2.75, 3.05) is 33.7 Å². The largest absolute Gasteiger partial charge is 0.352 e. The van der Waals surface area contributed by atoms with Gasteiger partial charge in [-0.25, -0.2) is 0 Å². The second-order valence-corrected chi connectivity index (χ2v) is 5.45. The van der Waals surface area contributed by atoms with Crippen molar-refractivity contribution < 1.29 is 9.59 Å². The van der Waals surface area contributed by atoms with Crippen LogP contribution in [0, 0.1) is 0 Å². The molecule has 0 saturated heterocycles. The molecule has 1 aromatic rings. The quantitative estimate of drug-likeness (QED) is 0.674. The summed E-state index contributed by atoms with van der Waals surface area (Å²) in [7, 11) is 3.98. The molecule has 0 aromatic carbocycles. The first-order valence-electron chi connectivity index (χ1n) is 7.71. The highest BCUT2D eigenvalue weighted by Gasteiger charge is 2.11. The molecule has 22 heavy (non-hydrogen) atoms. The maximum atomic E-state index is 12.0. The molecule has 2 amide bonds. The molecular weight excluding hydrogens is 280 g/mol. The number of rotatable bonds is 9. The summed E-state index contributed by atoms with van der Waals surface area (Å²) in [5.41, 5.74) is 0.734. The molecule has 1 aromatic heterocycles. The number of amides is 2. The molecule has 122 valence electrons. The minimum atomic E-state index is -0.248. The minimum absolute atomic E-state index is 0.169. The molecule has 0 aliphatic heterocycles. The first-order chi connectivity index (χ1) is 10.5. The number of nitrogens with one attached hydrogen (secondary N) is 2. The molecule has 6 heteroatoms. The van der Waals surface area contributed by atoms with Crippen molar-refractivity contribution in [2.24, 2.45) is 0 Å². The summed E-state index contributed by atoms with van der Waals surface area (Å²) in [4.78, 5) is 30.0. The van der Waals surface area contributed by atoms with Crippen molar-refractivity contribution in [3.05, 3.63) is 29.6 Å². The van der Waals surface area contributed by atoms with Crippen LogP contribution in [-0.4, -0.2) is 55.4 Å². The van der Waals surface area contributed by atoms with Crippen molar-refractivity contribution >= 4 is 11.8 Å². The Kier molecular flexibility index (Phi) is 8.14. The first-order valence-corrected chi connectivity index (χ1v) is 7.71. The molecule has 0 aliphatic carbocycles. The zero-order valence-corrected chi connectivity index (χ0v) is 13.7. The average molecular weight is 306 g/mol. The predicted molar refractivity (Wildman–Crippen MR) is 87.0 cm³/mol. The second-order valence-electron chi connectivity index (χ2n) is 5.45. The molecule has 1 rings (SSSR count). The molecule has 0 unspecified atom stereocenters. The van der Waals surface area contributed by atoms with E-state index >= 15 is 0 Å². The summed E-state index contributed by atoms with van der Waals surface area (Å²) in [6.45, 7) is 4.21. The summed E-state index contributed by atoms with van der Waals surface area (Å²) in [5.74, 6) is -0.417. The van der Waals surface area contributed by atoms with Crippen LogP contribution in [0.4, 0.5) is 0 Å². The number of carbonyl (C=O) groups is 2. The molecular formula is C16H26N4O2. The third kappa shape index (κ3) is 6.67. The van der Waals surface area contributed by atoms with E-state index in [0.29, 0.717) is 18.7 Å². The molecule has 2 N–H and O–H groups in total. The predicted octanol–water partition coefficient (Wildman–Crippen LogP) is 1.29. The van der Waals surface area contributed by atoms with E-state index in [-0.39, 0.29) is 17.5 Å². The fraction of sp³-hybridized carbons (Fsp3) is 0.562. The van der Waals surface area contributed by atoms with Gasteiger partial charge in [0.1, 0.15) is 5.69 Å². The lowest BCUT2D eigenvalue weighted by atomic mass is 10.2. The van der Waals surface area contributed by atoms with Crippen molar-refractivity contribution in [3.63, 3.8) is 0 Å². The monoisotopic (exact) mass is 306 g/mol. The number of hydrogen-bond donors (Lipinski definition) is 2. The number of pyridine rings is 1. The number of hydrogen-bond acceptors (Lipinski definition) is 4. The highest BCUT2D eigenvalue weighted by molar-refractivity contribution is 5.98. The van der Waals surface area contributed by atoms with E-state index in [1.165, 1.54) is 12.3 Å². The van der Waals surface area contributed by atoms with Gasteiger partial charge < -0.3 is 15.5 Å². The summed E-state index contributed by atoms with van der Waals surface area (Å²) < 4.78 is 0. The van der Waals surface area contributed by atoms with Crippen molar-refractivity contribution in [1.82, 2.24) is 20.5 Å². The van der Waals surface area contributed by atoms with E-state index in [2.05, 4.69) is 27.4 Å². The Labute approximate surface area is 132 Å². The van der Waals surface area contributed by atoms with Gasteiger partial charge in [0.05, 0.1) is 0 Å². The van der Waals surface area contributed by atoms with Crippen LogP contribution >= 0.6 is 0 Å². The molecule has 0 radical (unpaired) electrons. The van der Waals surface area contributed by atoms with Gasteiger partial charge in [-0.15, -0.1) is 0 Å². The van der Waals surface area contributed by atoms with E-state index in [1.807, 2.05) is 14.1 Å². The molecule has 0 aliphatic rings. The van der Waals surface area contributed by atoms with Crippen LogP contribution in [0.1, 0.15) is 47.0 Å². The molecule has 0 saturated carbocycles. The van der Waals surface area contributed by atoms with Crippen LogP contribution in [0.5, 0.6) is 0 Å². The molecule has 1 heterocycles. The standard InChI is InChI=1S/C16H26N4O2/c1-4-5-8-18-15(21)13-7-10-17-14(12-13)16(22)19-9-6-11-20(2)3/h7,10,12H,4-6,8-9,11H2,1-3H3,(H,18,21)(H,19,22). The van der Waals surface area contributed by atoms with Crippen LogP contribution in [0.15, 0.2) is 18.3 Å². The maximum Gasteiger partial charge on any atom is 0.269 e. The van der Waals surface area contributed by atoms with Gasteiger partial charge in [-0.2, -0.15) is 0 Å². The van der Waals surface area contributed by atoms with Crippen molar-refractivity contribution in [3.8, 4) is 0 Å². The van der Waals surface area contributed by atoms with E-state index in [4.69, 9.17) is 0 Å². The normalized spacial score (nSPS) is 10.5. The van der Waals surface area contributed by atoms with Gasteiger partial charge in [-0.1, -0.05) is 13.3 Å². The molecule has 0 atom stereocenters. The Bertz CT molecular complexity index is 489. The maximum absolute atomic E-state index is 12.0. The highest BCUT2D eigenvalue weighted by atomic mass is 16.2. The van der Waals surface area contributed by atoms with Gasteiger partial charge in [0.2, 0.25) is 0 Å². The topological polar surface area (TPSA) is 74.3 Å². The van der Waals surface area contributed by atoms with Gasteiger partial charge >= 0.3 is 0 Å². The second kappa shape index (κ2) is 9.89. The van der Waals surface area contributed by atoms with Crippen LogP contribution < -0.4 is 10.6 Å². The number of nitrogens with zero attached hydrogens (tertiary/aromatic N) is 2. The fourth-order valence-electron chi connectivity index (χ4n) is 1.86. The van der Waals surface area contributed by atoms with Crippen LogP contribution in [0.2, 0.25) is 0 Å². The Morgan fingerprint density at radius 2 is 1.82 bits per heavy atom. The summed E-state index contributed by atoms with van der Waals surface area (Å²) in [5, 5.41) is 5.64. The summed E-state index contributed by atoms with van der Waals surface area (Å²) in [6, 6.07) is 3.15. The fourth-order valence-corrected chi connectivity index (χ4v) is 1.86. The van der Waals surface area contributed by atoms with Crippen LogP contribution in [0.3, 0.4) is 0 Å². The SMILES string of the molecule is CCCCNC(=O)c1ccnc(C(=O)NCCCN(C)C)c1. The number of unbranched alkanes of at least 4 members (excludes halogenated alkanes) is 1. The molecule has 0 bridgehead atoms. The average Bonchev–Trinajstić information content (AvgIpc) is 2.51. The number of aromatic nitrogens is 1. The molecule has 0 spiro atoms. The van der Waals surface area contributed by atoms with E-state index in [1.54, 1.807) is 6.07 Å². The Morgan fingerprint density at radius 3 is 2.50 bits per heavy atom. The Morgan fingerprint density at radius 1 is 1.14 bits per heavy atom.